The van der Waals surface area contributed by atoms with Crippen LogP contribution in [0.3, 0.4) is 0 Å². The van der Waals surface area contributed by atoms with Crippen molar-refractivity contribution >= 4 is 29.0 Å². The molecule has 3 nitrogen and oxygen atoms in total. The summed E-state index contributed by atoms with van der Waals surface area (Å²) in [6.45, 7) is 2.47. The van der Waals surface area contributed by atoms with Crippen LogP contribution in [0, 0.1) is 0 Å². The molecule has 1 N–H and O–H groups in total. The topological polar surface area (TPSA) is 38.3 Å². The molecule has 0 atom stereocenters. The molecule has 0 saturated heterocycles. The summed E-state index contributed by atoms with van der Waals surface area (Å²) in [5.74, 6) is 0.496. The minimum Gasteiger partial charge on any atom is -0.492 e. The van der Waals surface area contributed by atoms with E-state index in [9.17, 15) is 4.79 Å². The highest BCUT2D eigenvalue weighted by Crippen LogP contribution is 2.28. The molecule has 0 aliphatic rings. The maximum Gasteiger partial charge on any atom is 0.248 e. The summed E-state index contributed by atoms with van der Waals surface area (Å²) >= 11 is 1.65. The molecule has 126 valence electrons. The molecule has 25 heavy (non-hydrogen) atoms. The van der Waals surface area contributed by atoms with E-state index in [1.165, 1.54) is 10.4 Å². The highest BCUT2D eigenvalue weighted by Gasteiger charge is 2.05. The van der Waals surface area contributed by atoms with Crippen molar-refractivity contribution in [3.05, 3.63) is 77.7 Å². The van der Waals surface area contributed by atoms with Gasteiger partial charge in [0.25, 0.3) is 0 Å². The fourth-order valence-electron chi connectivity index (χ4n) is 2.38. The number of para-hydroxylation sites is 2. The summed E-state index contributed by atoms with van der Waals surface area (Å²) in [5.41, 5.74) is 1.86. The van der Waals surface area contributed by atoms with Gasteiger partial charge in [0.2, 0.25) is 5.91 Å². The summed E-state index contributed by atoms with van der Waals surface area (Å²) in [7, 11) is 0. The Morgan fingerprint density at radius 3 is 2.60 bits per heavy atom. The predicted molar refractivity (Wildman–Crippen MR) is 105 cm³/mol. The maximum atomic E-state index is 12.2. The van der Waals surface area contributed by atoms with Crippen molar-refractivity contribution in [2.75, 3.05) is 11.9 Å². The predicted octanol–water partition coefficient (Wildman–Crippen LogP) is 5.47. The van der Waals surface area contributed by atoms with Gasteiger partial charge in [0.05, 0.1) is 12.3 Å². The van der Waals surface area contributed by atoms with E-state index >= 15 is 0 Å². The zero-order chi connectivity index (χ0) is 17.5. The van der Waals surface area contributed by atoms with E-state index in [1.54, 1.807) is 17.4 Å². The first-order valence-corrected chi connectivity index (χ1v) is 8.94. The van der Waals surface area contributed by atoms with E-state index in [4.69, 9.17) is 4.74 Å². The number of amides is 1. The second-order valence-corrected chi connectivity index (χ2v) is 6.44. The quantitative estimate of drug-likeness (QED) is 0.600. The minimum absolute atomic E-state index is 0.179. The molecular formula is C21H19NO2S. The van der Waals surface area contributed by atoms with Gasteiger partial charge in [-0.3, -0.25) is 4.79 Å². The van der Waals surface area contributed by atoms with Gasteiger partial charge in [-0.15, -0.1) is 11.3 Å². The van der Waals surface area contributed by atoms with E-state index < -0.39 is 0 Å². The van der Waals surface area contributed by atoms with Crippen molar-refractivity contribution < 1.29 is 9.53 Å². The zero-order valence-corrected chi connectivity index (χ0v) is 14.8. The highest BCUT2D eigenvalue weighted by molar-refractivity contribution is 7.16. The molecule has 0 bridgehead atoms. The minimum atomic E-state index is -0.179. The molecule has 1 amide bonds. The van der Waals surface area contributed by atoms with E-state index in [1.807, 2.05) is 61.5 Å². The van der Waals surface area contributed by atoms with Gasteiger partial charge in [0.15, 0.2) is 0 Å². The number of anilines is 1. The second kappa shape index (κ2) is 8.31. The fraction of sp³-hybridized carbons (Fsp3) is 0.0952. The second-order valence-electron chi connectivity index (χ2n) is 5.32. The first-order valence-electron chi connectivity index (χ1n) is 8.12. The van der Waals surface area contributed by atoms with Crippen molar-refractivity contribution in [2.24, 2.45) is 0 Å². The maximum absolute atomic E-state index is 12.2. The SMILES string of the molecule is CCOc1ccccc1NC(=O)/C=C/c1ccc(-c2ccccc2)s1. The molecule has 0 unspecified atom stereocenters. The Kier molecular flexibility index (Phi) is 5.65. The standard InChI is InChI=1S/C21H19NO2S/c1-2-24-19-11-7-6-10-18(19)22-21(23)15-13-17-12-14-20(25-17)16-8-4-3-5-9-16/h3-15H,2H2,1H3,(H,22,23)/b15-13+. The normalized spacial score (nSPS) is 10.8. The largest absolute Gasteiger partial charge is 0.492 e. The number of benzene rings is 2. The third-order valence-electron chi connectivity index (χ3n) is 3.53. The van der Waals surface area contributed by atoms with Gasteiger partial charge in [-0.2, -0.15) is 0 Å². The Bertz CT molecular complexity index is 868. The molecule has 0 fully saturated rings. The van der Waals surface area contributed by atoms with Crippen LogP contribution in [0.2, 0.25) is 0 Å². The van der Waals surface area contributed by atoms with Crippen LogP contribution in [0.4, 0.5) is 5.69 Å². The lowest BCUT2D eigenvalue weighted by molar-refractivity contribution is -0.111. The molecule has 4 heteroatoms. The number of carbonyl (C=O) groups is 1. The molecule has 0 radical (unpaired) electrons. The van der Waals surface area contributed by atoms with Gasteiger partial charge in [-0.25, -0.2) is 0 Å². The van der Waals surface area contributed by atoms with Gasteiger partial charge >= 0.3 is 0 Å². The molecule has 2 aromatic carbocycles. The molecule has 3 rings (SSSR count). The third kappa shape index (κ3) is 4.58. The molecular weight excluding hydrogens is 330 g/mol. The first kappa shape index (κ1) is 17.0. The highest BCUT2D eigenvalue weighted by atomic mass is 32.1. The Morgan fingerprint density at radius 2 is 1.80 bits per heavy atom. The summed E-state index contributed by atoms with van der Waals surface area (Å²) in [5, 5.41) is 2.86. The smallest absolute Gasteiger partial charge is 0.248 e. The third-order valence-corrected chi connectivity index (χ3v) is 4.63. The molecule has 1 heterocycles. The van der Waals surface area contributed by atoms with Gasteiger partial charge in [0.1, 0.15) is 5.75 Å². The van der Waals surface area contributed by atoms with E-state index in [2.05, 4.69) is 23.5 Å². The Labute approximate surface area is 151 Å². The van der Waals surface area contributed by atoms with Crippen molar-refractivity contribution in [2.45, 2.75) is 6.92 Å². The molecule has 0 saturated carbocycles. The van der Waals surface area contributed by atoms with Crippen molar-refractivity contribution in [3.63, 3.8) is 0 Å². The number of ether oxygens (including phenoxy) is 1. The fourth-order valence-corrected chi connectivity index (χ4v) is 3.30. The monoisotopic (exact) mass is 349 g/mol. The molecule has 0 aliphatic heterocycles. The van der Waals surface area contributed by atoms with E-state index in [0.717, 1.165) is 4.88 Å². The number of carbonyl (C=O) groups excluding carboxylic acids is 1. The number of thiophene rings is 1. The number of rotatable bonds is 6. The van der Waals surface area contributed by atoms with Gasteiger partial charge in [0, 0.05) is 15.8 Å². The average Bonchev–Trinajstić information content (AvgIpc) is 3.12. The number of nitrogens with one attached hydrogen (secondary N) is 1. The summed E-state index contributed by atoms with van der Waals surface area (Å²) in [6.07, 6.45) is 3.37. The van der Waals surface area contributed by atoms with Crippen LogP contribution in [0.5, 0.6) is 5.75 Å². The van der Waals surface area contributed by atoms with Gasteiger partial charge < -0.3 is 10.1 Å². The van der Waals surface area contributed by atoms with E-state index in [0.29, 0.717) is 18.0 Å². The summed E-state index contributed by atoms with van der Waals surface area (Å²) in [6, 6.07) is 21.7. The molecule has 0 spiro atoms. The van der Waals surface area contributed by atoms with Crippen LogP contribution in [0.25, 0.3) is 16.5 Å². The zero-order valence-electron chi connectivity index (χ0n) is 13.9. The van der Waals surface area contributed by atoms with Crippen LogP contribution < -0.4 is 10.1 Å². The Morgan fingerprint density at radius 1 is 1.04 bits per heavy atom. The average molecular weight is 349 g/mol. The number of hydrogen-bond acceptors (Lipinski definition) is 3. The molecule has 0 aliphatic carbocycles. The van der Waals surface area contributed by atoms with Crippen molar-refractivity contribution in [3.8, 4) is 16.2 Å². The van der Waals surface area contributed by atoms with Crippen LogP contribution in [0.1, 0.15) is 11.8 Å². The number of hydrogen-bond donors (Lipinski definition) is 1. The Balaban J connectivity index is 1.66. The van der Waals surface area contributed by atoms with Crippen LogP contribution in [-0.4, -0.2) is 12.5 Å². The van der Waals surface area contributed by atoms with Crippen molar-refractivity contribution in [1.29, 1.82) is 0 Å². The van der Waals surface area contributed by atoms with Crippen LogP contribution in [-0.2, 0) is 4.79 Å². The van der Waals surface area contributed by atoms with Crippen LogP contribution >= 0.6 is 11.3 Å². The van der Waals surface area contributed by atoms with Crippen LogP contribution in [0.15, 0.2) is 72.8 Å². The molecule has 1 aromatic heterocycles. The van der Waals surface area contributed by atoms with E-state index in [-0.39, 0.29) is 5.91 Å². The lowest BCUT2D eigenvalue weighted by Crippen LogP contribution is -2.09. The Hall–Kier alpha value is -2.85. The first-order chi connectivity index (χ1) is 12.3. The van der Waals surface area contributed by atoms with Gasteiger partial charge in [-0.1, -0.05) is 42.5 Å². The van der Waals surface area contributed by atoms with Gasteiger partial charge in [-0.05, 0) is 42.8 Å². The lowest BCUT2D eigenvalue weighted by Gasteiger charge is -2.09. The molecule has 3 aromatic rings. The van der Waals surface area contributed by atoms with Crippen molar-refractivity contribution in [1.82, 2.24) is 0 Å². The summed E-state index contributed by atoms with van der Waals surface area (Å²) < 4.78 is 5.52. The lowest BCUT2D eigenvalue weighted by atomic mass is 10.2. The summed E-state index contributed by atoms with van der Waals surface area (Å²) in [4.78, 5) is 14.4.